The van der Waals surface area contributed by atoms with Gasteiger partial charge in [-0.25, -0.2) is 0 Å². The van der Waals surface area contributed by atoms with Gasteiger partial charge in [-0.3, -0.25) is 14.4 Å². The lowest BCUT2D eigenvalue weighted by Crippen LogP contribution is -2.60. The van der Waals surface area contributed by atoms with Crippen molar-refractivity contribution < 1.29 is 14.3 Å². The second-order valence-electron chi connectivity index (χ2n) is 9.95. The lowest BCUT2D eigenvalue weighted by atomic mass is 9.89. The zero-order valence-electron chi connectivity index (χ0n) is 20.2. The van der Waals surface area contributed by atoms with Crippen molar-refractivity contribution in [2.45, 2.75) is 57.9 Å². The Balaban J connectivity index is 1.29. The van der Waals surface area contributed by atoms with E-state index in [1.807, 2.05) is 41.1 Å². The Morgan fingerprint density at radius 3 is 2.50 bits per heavy atom. The summed E-state index contributed by atoms with van der Waals surface area (Å²) in [5, 5.41) is 8.94. The van der Waals surface area contributed by atoms with Crippen LogP contribution in [0.4, 0.5) is 0 Å². The van der Waals surface area contributed by atoms with E-state index < -0.39 is 0 Å². The first-order chi connectivity index (χ1) is 16.5. The van der Waals surface area contributed by atoms with E-state index in [1.165, 1.54) is 5.56 Å². The minimum Gasteiger partial charge on any atom is -0.497 e. The Kier molecular flexibility index (Phi) is 6.57. The summed E-state index contributed by atoms with van der Waals surface area (Å²) < 4.78 is 13.1. The van der Waals surface area contributed by atoms with E-state index in [-0.39, 0.29) is 24.0 Å². The van der Waals surface area contributed by atoms with E-state index in [0.717, 1.165) is 42.6 Å². The van der Waals surface area contributed by atoms with E-state index in [9.17, 15) is 4.79 Å². The number of nitrogens with zero attached hydrogens (tertiary/aromatic N) is 3. The van der Waals surface area contributed by atoms with Gasteiger partial charge in [0.15, 0.2) is 5.69 Å². The van der Waals surface area contributed by atoms with Crippen molar-refractivity contribution in [3.8, 4) is 5.75 Å². The summed E-state index contributed by atoms with van der Waals surface area (Å²) in [5.41, 5.74) is 2.81. The maximum atomic E-state index is 13.3. The van der Waals surface area contributed by atoms with Crippen molar-refractivity contribution >= 4 is 16.8 Å². The van der Waals surface area contributed by atoms with Crippen LogP contribution in [0.5, 0.6) is 5.75 Å². The number of hydrogen-bond acceptors (Lipinski definition) is 5. The minimum absolute atomic E-state index is 0.0775. The lowest BCUT2D eigenvalue weighted by molar-refractivity contribution is -0.0843. The lowest BCUT2D eigenvalue weighted by Gasteiger charge is -2.48. The van der Waals surface area contributed by atoms with Crippen LogP contribution in [0.25, 0.3) is 10.9 Å². The van der Waals surface area contributed by atoms with Gasteiger partial charge in [0.2, 0.25) is 0 Å². The minimum atomic E-state index is -0.0775. The van der Waals surface area contributed by atoms with Crippen molar-refractivity contribution in [1.82, 2.24) is 20.0 Å². The summed E-state index contributed by atoms with van der Waals surface area (Å²) in [4.78, 5) is 15.9. The largest absolute Gasteiger partial charge is 0.497 e. The summed E-state index contributed by atoms with van der Waals surface area (Å²) in [6, 6.07) is 17.0. The summed E-state index contributed by atoms with van der Waals surface area (Å²) in [5.74, 6) is 1.25. The number of amides is 1. The van der Waals surface area contributed by atoms with Gasteiger partial charge in [-0.2, -0.15) is 5.10 Å². The molecule has 2 aliphatic heterocycles. The molecule has 0 spiro atoms. The summed E-state index contributed by atoms with van der Waals surface area (Å²) in [7, 11) is 1.69. The number of methoxy groups -OCH3 is 1. The molecule has 1 aromatic heterocycles. The van der Waals surface area contributed by atoms with Crippen LogP contribution in [0.1, 0.15) is 42.7 Å². The van der Waals surface area contributed by atoms with Gasteiger partial charge in [-0.1, -0.05) is 44.2 Å². The number of aromatic nitrogens is 2. The van der Waals surface area contributed by atoms with Crippen molar-refractivity contribution in [2.24, 2.45) is 5.92 Å². The van der Waals surface area contributed by atoms with Crippen LogP contribution in [0, 0.1) is 5.92 Å². The molecule has 1 N–H and O–H groups in total. The van der Waals surface area contributed by atoms with Crippen LogP contribution in [-0.2, 0) is 17.8 Å². The Hall–Kier alpha value is -2.90. The molecule has 0 radical (unpaired) electrons. The highest BCUT2D eigenvalue weighted by atomic mass is 16.5. The molecule has 2 saturated heterocycles. The number of para-hydroxylation sites is 1. The van der Waals surface area contributed by atoms with Crippen LogP contribution in [-0.4, -0.2) is 59.0 Å². The molecule has 7 nitrogen and oxygen atoms in total. The molecule has 34 heavy (non-hydrogen) atoms. The molecule has 1 amide bonds. The summed E-state index contributed by atoms with van der Waals surface area (Å²) in [6.07, 6.45) is 1.76. The van der Waals surface area contributed by atoms with Crippen molar-refractivity contribution in [2.75, 3.05) is 20.3 Å². The predicted octanol–water partition coefficient (Wildman–Crippen LogP) is 3.86. The van der Waals surface area contributed by atoms with Crippen LogP contribution >= 0.6 is 0 Å². The number of rotatable bonds is 7. The molecular formula is C27H34N4O3. The molecule has 3 aromatic rings. The van der Waals surface area contributed by atoms with Gasteiger partial charge < -0.3 is 14.8 Å². The Morgan fingerprint density at radius 1 is 1.12 bits per heavy atom. The highest BCUT2D eigenvalue weighted by Crippen LogP contribution is 2.30. The molecule has 2 aliphatic rings. The second kappa shape index (κ2) is 9.76. The molecule has 3 heterocycles. The SMILES string of the molecule is COc1ccc(CN2C3COCC2CC(NC(=O)c2nn(CC(C)C)c4ccccc24)C3)cc1. The summed E-state index contributed by atoms with van der Waals surface area (Å²) >= 11 is 0. The van der Waals surface area contributed by atoms with E-state index in [0.29, 0.717) is 24.8 Å². The first-order valence-corrected chi connectivity index (χ1v) is 12.2. The van der Waals surface area contributed by atoms with Crippen molar-refractivity contribution in [1.29, 1.82) is 0 Å². The molecule has 180 valence electrons. The quantitative estimate of drug-likeness (QED) is 0.577. The van der Waals surface area contributed by atoms with Crippen molar-refractivity contribution in [3.05, 3.63) is 59.8 Å². The Bertz CT molecular complexity index is 1130. The third-order valence-electron chi connectivity index (χ3n) is 6.94. The van der Waals surface area contributed by atoms with Crippen LogP contribution in [0.3, 0.4) is 0 Å². The number of benzene rings is 2. The van der Waals surface area contributed by atoms with Gasteiger partial charge >= 0.3 is 0 Å². The fourth-order valence-corrected chi connectivity index (χ4v) is 5.34. The van der Waals surface area contributed by atoms with Crippen LogP contribution in [0.15, 0.2) is 48.5 Å². The molecule has 2 aromatic carbocycles. The number of carbonyl (C=O) groups is 1. The van der Waals surface area contributed by atoms with Gasteiger partial charge in [0.05, 0.1) is 25.8 Å². The third-order valence-corrected chi connectivity index (χ3v) is 6.94. The fraction of sp³-hybridized carbons (Fsp3) is 0.481. The summed E-state index contributed by atoms with van der Waals surface area (Å²) in [6.45, 7) is 7.40. The van der Waals surface area contributed by atoms with E-state index in [2.05, 4.69) is 36.2 Å². The number of carbonyl (C=O) groups excluding carboxylic acids is 1. The highest BCUT2D eigenvalue weighted by molar-refractivity contribution is 6.05. The number of fused-ring (bicyclic) bond motifs is 3. The molecule has 0 aliphatic carbocycles. The maximum absolute atomic E-state index is 13.3. The molecule has 2 unspecified atom stereocenters. The third kappa shape index (κ3) is 4.68. The smallest absolute Gasteiger partial charge is 0.272 e. The zero-order valence-corrected chi connectivity index (χ0v) is 20.2. The van der Waals surface area contributed by atoms with Gasteiger partial charge in [-0.05, 0) is 42.5 Å². The van der Waals surface area contributed by atoms with Crippen LogP contribution < -0.4 is 10.1 Å². The van der Waals surface area contributed by atoms with E-state index >= 15 is 0 Å². The van der Waals surface area contributed by atoms with E-state index in [1.54, 1.807) is 7.11 Å². The second-order valence-corrected chi connectivity index (χ2v) is 9.95. The topological polar surface area (TPSA) is 68.6 Å². The molecule has 2 bridgehead atoms. The molecule has 2 atom stereocenters. The molecular weight excluding hydrogens is 428 g/mol. The van der Waals surface area contributed by atoms with Crippen LogP contribution in [0.2, 0.25) is 0 Å². The van der Waals surface area contributed by atoms with Gasteiger partial charge in [0.25, 0.3) is 5.91 Å². The average molecular weight is 463 g/mol. The Labute approximate surface area is 201 Å². The normalized spacial score (nSPS) is 22.8. The number of piperidine rings is 1. The maximum Gasteiger partial charge on any atom is 0.272 e. The molecule has 2 fully saturated rings. The number of ether oxygens (including phenoxy) is 2. The zero-order chi connectivity index (χ0) is 23.7. The number of nitrogens with one attached hydrogen (secondary N) is 1. The number of morpholine rings is 1. The average Bonchev–Trinajstić information content (AvgIpc) is 3.18. The first kappa shape index (κ1) is 22.9. The Morgan fingerprint density at radius 2 is 1.82 bits per heavy atom. The highest BCUT2D eigenvalue weighted by Gasteiger charge is 2.39. The number of hydrogen-bond donors (Lipinski definition) is 1. The van der Waals surface area contributed by atoms with E-state index in [4.69, 9.17) is 14.6 Å². The standard InChI is InChI=1S/C27H34N4O3/c1-18(2)14-31-25-7-5-4-6-24(25)26(29-31)27(32)28-20-12-21-16-34-17-22(13-20)30(21)15-19-8-10-23(33-3)11-9-19/h4-11,18,20-22H,12-17H2,1-3H3,(H,28,32). The monoisotopic (exact) mass is 462 g/mol. The molecule has 0 saturated carbocycles. The van der Waals surface area contributed by atoms with Gasteiger partial charge in [0, 0.05) is 36.6 Å². The van der Waals surface area contributed by atoms with Gasteiger partial charge in [0.1, 0.15) is 5.75 Å². The predicted molar refractivity (Wildman–Crippen MR) is 132 cm³/mol. The van der Waals surface area contributed by atoms with Gasteiger partial charge in [-0.15, -0.1) is 0 Å². The fourth-order valence-electron chi connectivity index (χ4n) is 5.34. The molecule has 5 rings (SSSR count). The molecule has 7 heteroatoms. The van der Waals surface area contributed by atoms with Crippen molar-refractivity contribution in [3.63, 3.8) is 0 Å². The first-order valence-electron chi connectivity index (χ1n) is 12.2.